The van der Waals surface area contributed by atoms with E-state index in [0.29, 0.717) is 5.02 Å². The lowest BCUT2D eigenvalue weighted by Crippen LogP contribution is -2.56. The summed E-state index contributed by atoms with van der Waals surface area (Å²) in [6, 6.07) is 12.3. The number of aliphatic carboxylic acids is 1. The average molecular weight is 459 g/mol. The van der Waals surface area contributed by atoms with E-state index < -0.39 is 35.7 Å². The number of carbonyl (C=O) groups excluding carboxylic acids is 2. The zero-order valence-corrected chi connectivity index (χ0v) is 19.1. The number of carbonyl (C=O) groups is 3. The average Bonchev–Trinajstić information content (AvgIpc) is 2.72. The molecule has 2 amide bonds. The Hall–Kier alpha value is -3.06. The van der Waals surface area contributed by atoms with Crippen molar-refractivity contribution in [3.8, 4) is 0 Å². The number of hydrogen-bond acceptors (Lipinski definition) is 4. The van der Waals surface area contributed by atoms with Crippen LogP contribution in [0.4, 0.5) is 4.79 Å². The molecule has 8 heteroatoms. The van der Waals surface area contributed by atoms with Crippen molar-refractivity contribution in [3.05, 3.63) is 70.2 Å². The highest BCUT2D eigenvalue weighted by molar-refractivity contribution is 6.30. The topological polar surface area (TPSA) is 95.9 Å². The van der Waals surface area contributed by atoms with Gasteiger partial charge in [-0.15, -0.1) is 0 Å². The number of hydrogen-bond donors (Lipinski definition) is 2. The summed E-state index contributed by atoms with van der Waals surface area (Å²) >= 11 is 5.89. The van der Waals surface area contributed by atoms with Gasteiger partial charge in [-0.1, -0.05) is 48.0 Å². The Balaban J connectivity index is 1.82. The van der Waals surface area contributed by atoms with E-state index in [2.05, 4.69) is 5.32 Å². The minimum atomic E-state index is -1.16. The molecule has 2 N–H and O–H groups in total. The molecule has 1 aliphatic rings. The minimum absolute atomic E-state index is 0.0913. The van der Waals surface area contributed by atoms with Crippen LogP contribution in [-0.2, 0) is 33.7 Å². The third-order valence-electron chi connectivity index (χ3n) is 5.15. The smallest absolute Gasteiger partial charge is 0.411 e. The van der Waals surface area contributed by atoms with Gasteiger partial charge in [0.1, 0.15) is 17.7 Å². The van der Waals surface area contributed by atoms with E-state index >= 15 is 0 Å². The van der Waals surface area contributed by atoms with Gasteiger partial charge in [-0.25, -0.2) is 9.59 Å². The highest BCUT2D eigenvalue weighted by Gasteiger charge is 2.38. The van der Waals surface area contributed by atoms with E-state index in [-0.39, 0.29) is 19.4 Å². The van der Waals surface area contributed by atoms with Crippen molar-refractivity contribution in [2.75, 3.05) is 0 Å². The van der Waals surface area contributed by atoms with E-state index in [9.17, 15) is 19.5 Å². The lowest BCUT2D eigenvalue weighted by Gasteiger charge is -2.37. The predicted molar refractivity (Wildman–Crippen MR) is 120 cm³/mol. The molecule has 2 atom stereocenters. The van der Waals surface area contributed by atoms with Crippen molar-refractivity contribution >= 4 is 29.6 Å². The van der Waals surface area contributed by atoms with Gasteiger partial charge in [0.05, 0.1) is 6.54 Å². The molecule has 3 rings (SSSR count). The SMILES string of the molecule is CC(C)(C)OC(=O)N1Cc2ccccc2CC1C(=O)NC(Cc1ccc(Cl)cc1)C(=O)O. The molecule has 1 heterocycles. The van der Waals surface area contributed by atoms with E-state index in [1.54, 1.807) is 45.0 Å². The van der Waals surface area contributed by atoms with Crippen LogP contribution in [0.3, 0.4) is 0 Å². The van der Waals surface area contributed by atoms with Gasteiger partial charge in [0, 0.05) is 17.9 Å². The normalized spacial score (nSPS) is 16.6. The fourth-order valence-electron chi connectivity index (χ4n) is 3.59. The highest BCUT2D eigenvalue weighted by atomic mass is 35.5. The first-order valence-corrected chi connectivity index (χ1v) is 10.8. The Bertz CT molecular complexity index is 1000. The number of rotatable bonds is 5. The van der Waals surface area contributed by atoms with Crippen molar-refractivity contribution in [2.45, 2.75) is 57.8 Å². The second-order valence-corrected chi connectivity index (χ2v) is 9.26. The van der Waals surface area contributed by atoms with Gasteiger partial charge in [0.15, 0.2) is 0 Å². The van der Waals surface area contributed by atoms with Crippen molar-refractivity contribution in [1.29, 1.82) is 0 Å². The van der Waals surface area contributed by atoms with E-state index in [0.717, 1.165) is 16.7 Å². The molecule has 0 bridgehead atoms. The molecule has 170 valence electrons. The van der Waals surface area contributed by atoms with E-state index in [1.807, 2.05) is 24.3 Å². The molecule has 7 nitrogen and oxygen atoms in total. The molecular formula is C24H27ClN2O5. The quantitative estimate of drug-likeness (QED) is 0.710. The summed E-state index contributed by atoms with van der Waals surface area (Å²) in [5.74, 6) is -1.69. The maximum Gasteiger partial charge on any atom is 0.411 e. The van der Waals surface area contributed by atoms with Crippen LogP contribution >= 0.6 is 11.6 Å². The molecule has 0 radical (unpaired) electrons. The number of ether oxygens (including phenoxy) is 1. The predicted octanol–water partition coefficient (Wildman–Crippen LogP) is 3.81. The number of benzene rings is 2. The number of amides is 2. The molecule has 0 aliphatic carbocycles. The maximum absolute atomic E-state index is 13.2. The lowest BCUT2D eigenvalue weighted by molar-refractivity contribution is -0.142. The van der Waals surface area contributed by atoms with Gasteiger partial charge < -0.3 is 15.2 Å². The Labute approximate surface area is 192 Å². The first-order chi connectivity index (χ1) is 15.0. The van der Waals surface area contributed by atoms with Crippen LogP contribution < -0.4 is 5.32 Å². The number of nitrogens with one attached hydrogen (secondary N) is 1. The Morgan fingerprint density at radius 2 is 1.75 bits per heavy atom. The van der Waals surface area contributed by atoms with Gasteiger partial charge in [-0.3, -0.25) is 9.69 Å². The summed E-state index contributed by atoms with van der Waals surface area (Å²) in [5.41, 5.74) is 1.86. The van der Waals surface area contributed by atoms with E-state index in [1.165, 1.54) is 4.90 Å². The molecule has 1 aliphatic heterocycles. The number of nitrogens with zero attached hydrogens (tertiary/aromatic N) is 1. The Kier molecular flexibility index (Phi) is 7.09. The molecular weight excluding hydrogens is 432 g/mol. The molecule has 0 saturated heterocycles. The molecule has 32 heavy (non-hydrogen) atoms. The third kappa shape index (κ3) is 6.01. The molecule has 0 saturated carbocycles. The molecule has 2 aromatic rings. The molecule has 2 aromatic carbocycles. The third-order valence-corrected chi connectivity index (χ3v) is 5.40. The summed E-state index contributed by atoms with van der Waals surface area (Å²) in [6.07, 6.45) is -0.251. The summed E-state index contributed by atoms with van der Waals surface area (Å²) in [4.78, 5) is 39.3. The van der Waals surface area contributed by atoms with Gasteiger partial charge in [-0.05, 0) is 49.6 Å². The Morgan fingerprint density at radius 3 is 2.34 bits per heavy atom. The fourth-order valence-corrected chi connectivity index (χ4v) is 3.72. The minimum Gasteiger partial charge on any atom is -0.480 e. The van der Waals surface area contributed by atoms with Crippen LogP contribution in [0.25, 0.3) is 0 Å². The van der Waals surface area contributed by atoms with Gasteiger partial charge in [0.25, 0.3) is 0 Å². The van der Waals surface area contributed by atoms with Crippen molar-refractivity contribution in [3.63, 3.8) is 0 Å². The molecule has 0 fully saturated rings. The van der Waals surface area contributed by atoms with E-state index in [4.69, 9.17) is 16.3 Å². The largest absolute Gasteiger partial charge is 0.480 e. The van der Waals surface area contributed by atoms with Crippen LogP contribution in [0.15, 0.2) is 48.5 Å². The van der Waals surface area contributed by atoms with Crippen molar-refractivity contribution < 1.29 is 24.2 Å². The zero-order chi connectivity index (χ0) is 23.5. The monoisotopic (exact) mass is 458 g/mol. The number of carboxylic acid groups (broad SMARTS) is 1. The first-order valence-electron chi connectivity index (χ1n) is 10.4. The van der Waals surface area contributed by atoms with Crippen molar-refractivity contribution in [2.24, 2.45) is 0 Å². The molecule has 2 unspecified atom stereocenters. The summed E-state index contributed by atoms with van der Waals surface area (Å²) in [5, 5.41) is 12.8. The first kappa shape index (κ1) is 23.6. The zero-order valence-electron chi connectivity index (χ0n) is 18.3. The second-order valence-electron chi connectivity index (χ2n) is 8.83. The lowest BCUT2D eigenvalue weighted by atomic mass is 9.93. The standard InChI is InChI=1S/C24H27ClN2O5/c1-24(2,3)32-23(31)27-14-17-7-5-4-6-16(17)13-20(27)21(28)26-19(22(29)30)12-15-8-10-18(25)11-9-15/h4-11,19-20H,12-14H2,1-3H3,(H,26,28)(H,29,30). The Morgan fingerprint density at radius 1 is 1.12 bits per heavy atom. The number of halogens is 1. The second kappa shape index (κ2) is 9.61. The number of carboxylic acids is 1. The maximum atomic E-state index is 13.2. The van der Waals surface area contributed by atoms with Crippen LogP contribution in [0.5, 0.6) is 0 Å². The van der Waals surface area contributed by atoms with Crippen LogP contribution in [0.2, 0.25) is 5.02 Å². The summed E-state index contributed by atoms with van der Waals surface area (Å²) in [7, 11) is 0. The highest BCUT2D eigenvalue weighted by Crippen LogP contribution is 2.25. The molecule has 0 aromatic heterocycles. The summed E-state index contributed by atoms with van der Waals surface area (Å²) in [6.45, 7) is 5.47. The van der Waals surface area contributed by atoms with Gasteiger partial charge in [0.2, 0.25) is 5.91 Å². The van der Waals surface area contributed by atoms with Crippen LogP contribution in [-0.4, -0.2) is 45.7 Å². The summed E-state index contributed by atoms with van der Waals surface area (Å²) < 4.78 is 5.51. The number of fused-ring (bicyclic) bond motifs is 1. The van der Waals surface area contributed by atoms with Gasteiger partial charge >= 0.3 is 12.1 Å². The van der Waals surface area contributed by atoms with Gasteiger partial charge in [-0.2, -0.15) is 0 Å². The molecule has 0 spiro atoms. The van der Waals surface area contributed by atoms with Crippen molar-refractivity contribution in [1.82, 2.24) is 10.2 Å². The van der Waals surface area contributed by atoms with Crippen LogP contribution in [0.1, 0.15) is 37.5 Å². The van der Waals surface area contributed by atoms with Crippen LogP contribution in [0, 0.1) is 0 Å². The fraction of sp³-hybridized carbons (Fsp3) is 0.375.